The highest BCUT2D eigenvalue weighted by Gasteiger charge is 2.77. The van der Waals surface area contributed by atoms with E-state index in [1.165, 1.54) is 18.2 Å². The van der Waals surface area contributed by atoms with Crippen LogP contribution in [0.15, 0.2) is 30.3 Å². The van der Waals surface area contributed by atoms with Crippen molar-refractivity contribution in [2.45, 2.75) is 36.7 Å². The molecular formula is C13H10F8O2. The zero-order valence-electron chi connectivity index (χ0n) is 11.1. The maximum absolute atomic E-state index is 13.4. The Morgan fingerprint density at radius 2 is 1.43 bits per heavy atom. The third-order valence-corrected chi connectivity index (χ3v) is 3.00. The number of hydrogen-bond acceptors (Lipinski definition) is 2. The summed E-state index contributed by atoms with van der Waals surface area (Å²) in [6.07, 6.45) is -10.3. The van der Waals surface area contributed by atoms with Crippen molar-refractivity contribution < 1.29 is 45.0 Å². The van der Waals surface area contributed by atoms with Gasteiger partial charge in [0, 0.05) is 12.0 Å². The van der Waals surface area contributed by atoms with Gasteiger partial charge in [-0.3, -0.25) is 4.79 Å². The normalized spacial score (nSPS) is 14.9. The van der Waals surface area contributed by atoms with E-state index in [0.29, 0.717) is 0 Å². The molecule has 1 aromatic carbocycles. The molecule has 1 aromatic rings. The van der Waals surface area contributed by atoms with Crippen LogP contribution in [0.4, 0.5) is 35.1 Å². The first-order valence-corrected chi connectivity index (χ1v) is 6.03. The fraction of sp³-hybridized carbons (Fsp3) is 0.462. The number of halogens is 8. The van der Waals surface area contributed by atoms with Crippen molar-refractivity contribution in [3.63, 3.8) is 0 Å². The topological polar surface area (TPSA) is 37.3 Å². The molecule has 2 nitrogen and oxygen atoms in total. The van der Waals surface area contributed by atoms with E-state index in [2.05, 4.69) is 0 Å². The minimum atomic E-state index is -6.55. The number of hydrogen-bond donors (Lipinski definition) is 1. The van der Waals surface area contributed by atoms with Crippen LogP contribution in [0.25, 0.3) is 0 Å². The quantitative estimate of drug-likeness (QED) is 0.600. The van der Waals surface area contributed by atoms with Crippen LogP contribution >= 0.6 is 0 Å². The molecule has 1 N–H and O–H groups in total. The van der Waals surface area contributed by atoms with E-state index in [0.717, 1.165) is 12.1 Å². The lowest BCUT2D eigenvalue weighted by molar-refractivity contribution is -0.355. The SMILES string of the molecule is O=C(C[C@@H](O)C(F)(F)C(F)(F)C(F)(F)C(F)F)c1ccccc1. The first-order valence-electron chi connectivity index (χ1n) is 6.03. The van der Waals surface area contributed by atoms with E-state index >= 15 is 0 Å². The van der Waals surface area contributed by atoms with Crippen molar-refractivity contribution in [2.75, 3.05) is 0 Å². The number of aliphatic hydroxyl groups is 1. The molecule has 0 aliphatic carbocycles. The van der Waals surface area contributed by atoms with Crippen molar-refractivity contribution in [1.29, 1.82) is 0 Å². The van der Waals surface area contributed by atoms with Gasteiger partial charge in [-0.2, -0.15) is 26.3 Å². The monoisotopic (exact) mass is 350 g/mol. The molecular weight excluding hydrogens is 340 g/mol. The predicted octanol–water partition coefficient (Wildman–Crippen LogP) is 3.79. The third kappa shape index (κ3) is 3.46. The fourth-order valence-electron chi connectivity index (χ4n) is 1.61. The van der Waals surface area contributed by atoms with Gasteiger partial charge in [0.25, 0.3) is 0 Å². The van der Waals surface area contributed by atoms with Crippen LogP contribution < -0.4 is 0 Å². The highest BCUT2D eigenvalue weighted by Crippen LogP contribution is 2.50. The minimum Gasteiger partial charge on any atom is -0.386 e. The zero-order chi connectivity index (χ0) is 18.1. The number of carbonyl (C=O) groups is 1. The molecule has 1 rings (SSSR count). The van der Waals surface area contributed by atoms with Gasteiger partial charge >= 0.3 is 24.2 Å². The second-order valence-corrected chi connectivity index (χ2v) is 4.63. The predicted molar refractivity (Wildman–Crippen MR) is 62.2 cm³/mol. The Morgan fingerprint density at radius 1 is 0.957 bits per heavy atom. The van der Waals surface area contributed by atoms with E-state index in [1.807, 2.05) is 0 Å². The second-order valence-electron chi connectivity index (χ2n) is 4.63. The number of alkyl halides is 8. The lowest BCUT2D eigenvalue weighted by Gasteiger charge is -2.34. The van der Waals surface area contributed by atoms with Crippen molar-refractivity contribution in [3.8, 4) is 0 Å². The number of Topliss-reactive ketones (excluding diaryl/α,β-unsaturated/α-hetero) is 1. The minimum absolute atomic E-state index is 0.244. The van der Waals surface area contributed by atoms with Crippen LogP contribution in [0, 0.1) is 0 Å². The largest absolute Gasteiger partial charge is 0.386 e. The zero-order valence-corrected chi connectivity index (χ0v) is 11.1. The van der Waals surface area contributed by atoms with Gasteiger partial charge in [-0.05, 0) is 0 Å². The summed E-state index contributed by atoms with van der Waals surface area (Å²) in [5.41, 5.74) is -0.244. The Kier molecular flexibility index (Phi) is 5.40. The molecule has 0 unspecified atom stereocenters. The van der Waals surface area contributed by atoms with Crippen LogP contribution in [0.5, 0.6) is 0 Å². The number of benzene rings is 1. The molecule has 0 saturated heterocycles. The average Bonchev–Trinajstić information content (AvgIpc) is 2.47. The molecule has 0 amide bonds. The third-order valence-electron chi connectivity index (χ3n) is 3.00. The van der Waals surface area contributed by atoms with Gasteiger partial charge in [0.1, 0.15) is 6.10 Å². The van der Waals surface area contributed by atoms with Gasteiger partial charge < -0.3 is 5.11 Å². The van der Waals surface area contributed by atoms with Crippen LogP contribution in [0.1, 0.15) is 16.8 Å². The van der Waals surface area contributed by atoms with Crippen molar-refractivity contribution in [1.82, 2.24) is 0 Å². The molecule has 23 heavy (non-hydrogen) atoms. The molecule has 0 bridgehead atoms. The van der Waals surface area contributed by atoms with Gasteiger partial charge in [0.05, 0.1) is 0 Å². The van der Waals surface area contributed by atoms with Crippen molar-refractivity contribution in [3.05, 3.63) is 35.9 Å². The Hall–Kier alpha value is -1.71. The van der Waals surface area contributed by atoms with E-state index in [4.69, 9.17) is 5.11 Å². The number of carbonyl (C=O) groups excluding carboxylic acids is 1. The summed E-state index contributed by atoms with van der Waals surface area (Å²) < 4.78 is 102. The van der Waals surface area contributed by atoms with Crippen LogP contribution in [0.2, 0.25) is 0 Å². The van der Waals surface area contributed by atoms with Crippen LogP contribution in [0.3, 0.4) is 0 Å². The highest BCUT2D eigenvalue weighted by molar-refractivity contribution is 5.96. The summed E-state index contributed by atoms with van der Waals surface area (Å²) in [7, 11) is 0. The van der Waals surface area contributed by atoms with E-state index in [9.17, 15) is 39.9 Å². The van der Waals surface area contributed by atoms with Crippen molar-refractivity contribution >= 4 is 5.78 Å². The van der Waals surface area contributed by atoms with E-state index in [-0.39, 0.29) is 5.56 Å². The van der Waals surface area contributed by atoms with Crippen LogP contribution in [-0.4, -0.2) is 41.2 Å². The summed E-state index contributed by atoms with van der Waals surface area (Å²) in [5, 5.41) is 9.06. The Morgan fingerprint density at radius 3 is 1.87 bits per heavy atom. The molecule has 0 heterocycles. The van der Waals surface area contributed by atoms with Gasteiger partial charge in [-0.1, -0.05) is 30.3 Å². The standard InChI is InChI=1S/C13H10F8O2/c14-10(15)12(18,19)13(20,21)11(16,17)9(23)6-8(22)7-4-2-1-3-5-7/h1-5,9-10,23H,6H2/t9-/m1/s1. The molecule has 10 heteroatoms. The second kappa shape index (κ2) is 6.42. The Bertz CT molecular complexity index is 544. The first kappa shape index (κ1) is 19.3. The molecule has 0 aliphatic heterocycles. The number of rotatable bonds is 7. The molecule has 0 aromatic heterocycles. The van der Waals surface area contributed by atoms with Gasteiger partial charge in [-0.15, -0.1) is 0 Å². The molecule has 0 spiro atoms. The lowest BCUT2D eigenvalue weighted by atomic mass is 9.94. The molecule has 0 radical (unpaired) electrons. The maximum Gasteiger partial charge on any atom is 0.380 e. The number of aliphatic hydroxyl groups excluding tert-OH is 1. The lowest BCUT2D eigenvalue weighted by Crippen LogP contribution is -2.62. The fourth-order valence-corrected chi connectivity index (χ4v) is 1.61. The molecule has 1 atom stereocenters. The van der Waals surface area contributed by atoms with Crippen LogP contribution in [-0.2, 0) is 0 Å². The summed E-state index contributed by atoms with van der Waals surface area (Å²) in [6, 6.07) is 6.27. The molecule has 0 saturated carbocycles. The maximum atomic E-state index is 13.4. The summed E-state index contributed by atoms with van der Waals surface area (Å²) in [5.74, 6) is -20.1. The van der Waals surface area contributed by atoms with Gasteiger partial charge in [0.2, 0.25) is 0 Å². The molecule has 0 aliphatic rings. The van der Waals surface area contributed by atoms with E-state index < -0.39 is 42.5 Å². The van der Waals surface area contributed by atoms with E-state index in [1.54, 1.807) is 0 Å². The highest BCUT2D eigenvalue weighted by atomic mass is 19.4. The van der Waals surface area contributed by atoms with Crippen molar-refractivity contribution in [2.24, 2.45) is 0 Å². The van der Waals surface area contributed by atoms with Gasteiger partial charge in [-0.25, -0.2) is 8.78 Å². The Balaban J connectivity index is 3.01. The molecule has 0 fully saturated rings. The Labute approximate surface area is 124 Å². The molecule has 130 valence electrons. The first-order chi connectivity index (χ1) is 10.4. The number of ketones is 1. The smallest absolute Gasteiger partial charge is 0.380 e. The van der Waals surface area contributed by atoms with Gasteiger partial charge in [0.15, 0.2) is 5.78 Å². The summed E-state index contributed by atoms with van der Waals surface area (Å²) in [4.78, 5) is 11.5. The summed E-state index contributed by atoms with van der Waals surface area (Å²) in [6.45, 7) is 0. The average molecular weight is 350 g/mol. The summed E-state index contributed by atoms with van der Waals surface area (Å²) >= 11 is 0.